The largest absolute Gasteiger partial charge is 0.349 e. The number of aryl methyl sites for hydroxylation is 1. The molecule has 1 aromatic heterocycles. The predicted octanol–water partition coefficient (Wildman–Crippen LogP) is 3.93. The molecule has 3 rings (SSSR count). The SMILES string of the molecule is Cc1ccccc1CNC(=O)c1cn(C2CCCC2)cc(C(=O)N(C)CC(C)C)c1=O. The number of pyridine rings is 1. The summed E-state index contributed by atoms with van der Waals surface area (Å²) in [5.41, 5.74) is 1.67. The maximum absolute atomic E-state index is 13.2. The van der Waals surface area contributed by atoms with E-state index in [0.29, 0.717) is 13.1 Å². The Bertz CT molecular complexity index is 1000. The molecule has 1 saturated carbocycles. The van der Waals surface area contributed by atoms with E-state index in [9.17, 15) is 14.4 Å². The minimum absolute atomic E-state index is 0.0317. The van der Waals surface area contributed by atoms with Gasteiger partial charge >= 0.3 is 0 Å². The summed E-state index contributed by atoms with van der Waals surface area (Å²) < 4.78 is 1.91. The quantitative estimate of drug-likeness (QED) is 0.733. The van der Waals surface area contributed by atoms with Crippen LogP contribution in [0.15, 0.2) is 41.5 Å². The lowest BCUT2D eigenvalue weighted by atomic mass is 10.1. The third-order valence-corrected chi connectivity index (χ3v) is 5.95. The van der Waals surface area contributed by atoms with E-state index < -0.39 is 11.3 Å². The Morgan fingerprint density at radius 2 is 1.77 bits per heavy atom. The number of aromatic nitrogens is 1. The number of carbonyl (C=O) groups is 2. The van der Waals surface area contributed by atoms with E-state index in [0.717, 1.165) is 36.8 Å². The van der Waals surface area contributed by atoms with Crippen LogP contribution in [0.2, 0.25) is 0 Å². The van der Waals surface area contributed by atoms with Gasteiger partial charge in [0.1, 0.15) is 11.1 Å². The maximum Gasteiger partial charge on any atom is 0.259 e. The van der Waals surface area contributed by atoms with E-state index in [1.165, 1.54) is 0 Å². The van der Waals surface area contributed by atoms with Crippen LogP contribution in [0, 0.1) is 12.8 Å². The van der Waals surface area contributed by atoms with Gasteiger partial charge in [0.05, 0.1) is 0 Å². The van der Waals surface area contributed by atoms with Crippen LogP contribution in [-0.4, -0.2) is 34.9 Å². The molecule has 1 aliphatic carbocycles. The minimum Gasteiger partial charge on any atom is -0.349 e. The summed E-state index contributed by atoms with van der Waals surface area (Å²) in [5, 5.41) is 2.87. The molecule has 0 spiro atoms. The van der Waals surface area contributed by atoms with E-state index in [4.69, 9.17) is 0 Å². The number of amides is 2. The maximum atomic E-state index is 13.2. The van der Waals surface area contributed by atoms with Gasteiger partial charge in [-0.25, -0.2) is 0 Å². The zero-order valence-electron chi connectivity index (χ0n) is 19.0. The lowest BCUT2D eigenvalue weighted by Gasteiger charge is -2.22. The minimum atomic E-state index is -0.503. The number of nitrogens with zero attached hydrogens (tertiary/aromatic N) is 2. The van der Waals surface area contributed by atoms with Gasteiger partial charge in [-0.05, 0) is 36.8 Å². The second kappa shape index (κ2) is 9.94. The van der Waals surface area contributed by atoms with E-state index in [1.807, 2.05) is 49.6 Å². The van der Waals surface area contributed by atoms with Gasteiger partial charge in [-0.3, -0.25) is 14.4 Å². The van der Waals surface area contributed by atoms with Crippen LogP contribution >= 0.6 is 0 Å². The van der Waals surface area contributed by atoms with Crippen molar-refractivity contribution in [2.45, 2.75) is 59.0 Å². The Hall–Kier alpha value is -2.89. The molecule has 6 nitrogen and oxygen atoms in total. The highest BCUT2D eigenvalue weighted by Crippen LogP contribution is 2.29. The normalized spacial score (nSPS) is 14.1. The number of benzene rings is 1. The van der Waals surface area contributed by atoms with Gasteiger partial charge in [0.15, 0.2) is 0 Å². The molecule has 1 aromatic carbocycles. The molecule has 0 radical (unpaired) electrons. The molecule has 31 heavy (non-hydrogen) atoms. The Labute approximate surface area is 184 Å². The lowest BCUT2D eigenvalue weighted by Crippen LogP contribution is -2.37. The summed E-state index contributed by atoms with van der Waals surface area (Å²) in [5.74, 6) is -0.494. The standard InChI is InChI=1S/C25H33N3O3/c1-17(2)14-27(4)25(31)22-16-28(20-11-7-8-12-20)15-21(23(22)29)24(30)26-13-19-10-6-5-9-18(19)3/h5-6,9-10,15-17,20H,7-8,11-14H2,1-4H3,(H,26,30). The van der Waals surface area contributed by atoms with Crippen molar-refractivity contribution in [1.29, 1.82) is 0 Å². The molecule has 0 bridgehead atoms. The van der Waals surface area contributed by atoms with Crippen molar-refractivity contribution < 1.29 is 9.59 Å². The van der Waals surface area contributed by atoms with E-state index >= 15 is 0 Å². The molecule has 1 aliphatic rings. The van der Waals surface area contributed by atoms with Crippen LogP contribution in [0.1, 0.15) is 77.4 Å². The molecule has 0 atom stereocenters. The smallest absolute Gasteiger partial charge is 0.259 e. The van der Waals surface area contributed by atoms with Gasteiger partial charge < -0.3 is 14.8 Å². The summed E-state index contributed by atoms with van der Waals surface area (Å²) in [7, 11) is 1.70. The van der Waals surface area contributed by atoms with Crippen molar-refractivity contribution in [3.8, 4) is 0 Å². The third kappa shape index (κ3) is 5.43. The number of carbonyl (C=O) groups excluding carboxylic acids is 2. The first kappa shape index (κ1) is 22.8. The zero-order valence-corrected chi connectivity index (χ0v) is 19.0. The summed E-state index contributed by atoms with van der Waals surface area (Å²) >= 11 is 0. The molecule has 2 amide bonds. The Morgan fingerprint density at radius 1 is 1.13 bits per heavy atom. The van der Waals surface area contributed by atoms with Crippen LogP contribution in [-0.2, 0) is 6.54 Å². The molecule has 6 heteroatoms. The number of hydrogen-bond acceptors (Lipinski definition) is 3. The number of hydrogen-bond donors (Lipinski definition) is 1. The lowest BCUT2D eigenvalue weighted by molar-refractivity contribution is 0.0776. The summed E-state index contributed by atoms with van der Waals surface area (Å²) in [6.07, 6.45) is 7.48. The fourth-order valence-electron chi connectivity index (χ4n) is 4.24. The average molecular weight is 424 g/mol. The fourth-order valence-corrected chi connectivity index (χ4v) is 4.24. The second-order valence-corrected chi connectivity index (χ2v) is 8.99. The Balaban J connectivity index is 1.93. The van der Waals surface area contributed by atoms with Crippen molar-refractivity contribution in [1.82, 2.24) is 14.8 Å². The van der Waals surface area contributed by atoms with Gasteiger partial charge in [-0.15, -0.1) is 0 Å². The summed E-state index contributed by atoms with van der Waals surface area (Å²) in [6, 6.07) is 8.02. The summed E-state index contributed by atoms with van der Waals surface area (Å²) in [4.78, 5) is 40.8. The monoisotopic (exact) mass is 423 g/mol. The first-order valence-electron chi connectivity index (χ1n) is 11.1. The van der Waals surface area contributed by atoms with Crippen LogP contribution in [0.3, 0.4) is 0 Å². The third-order valence-electron chi connectivity index (χ3n) is 5.95. The van der Waals surface area contributed by atoms with Crippen molar-refractivity contribution in [2.24, 2.45) is 5.92 Å². The van der Waals surface area contributed by atoms with Gasteiger partial charge in [0.25, 0.3) is 11.8 Å². The molecule has 0 saturated heterocycles. The number of nitrogens with one attached hydrogen (secondary N) is 1. The van der Waals surface area contributed by atoms with Gasteiger partial charge in [-0.1, -0.05) is 51.0 Å². The predicted molar refractivity (Wildman–Crippen MR) is 122 cm³/mol. The van der Waals surface area contributed by atoms with Gasteiger partial charge in [-0.2, -0.15) is 0 Å². The van der Waals surface area contributed by atoms with Crippen LogP contribution < -0.4 is 10.7 Å². The molecule has 1 fully saturated rings. The molecule has 166 valence electrons. The van der Waals surface area contributed by atoms with E-state index in [2.05, 4.69) is 5.32 Å². The first-order chi connectivity index (χ1) is 14.8. The van der Waals surface area contributed by atoms with E-state index in [1.54, 1.807) is 24.3 Å². The highest BCUT2D eigenvalue weighted by molar-refractivity contribution is 5.99. The molecule has 0 aliphatic heterocycles. The van der Waals surface area contributed by atoms with Crippen LogP contribution in [0.25, 0.3) is 0 Å². The Morgan fingerprint density at radius 3 is 2.42 bits per heavy atom. The zero-order chi connectivity index (χ0) is 22.5. The average Bonchev–Trinajstić information content (AvgIpc) is 3.27. The number of rotatable bonds is 7. The molecule has 1 N–H and O–H groups in total. The van der Waals surface area contributed by atoms with Crippen LogP contribution in [0.4, 0.5) is 0 Å². The highest BCUT2D eigenvalue weighted by atomic mass is 16.2. The van der Waals surface area contributed by atoms with Gasteiger partial charge in [0.2, 0.25) is 5.43 Å². The molecule has 0 unspecified atom stereocenters. The van der Waals surface area contributed by atoms with Gasteiger partial charge in [0, 0.05) is 38.6 Å². The van der Waals surface area contributed by atoms with Crippen molar-refractivity contribution in [2.75, 3.05) is 13.6 Å². The second-order valence-electron chi connectivity index (χ2n) is 8.99. The molecular formula is C25H33N3O3. The molecule has 1 heterocycles. The van der Waals surface area contributed by atoms with Crippen LogP contribution in [0.5, 0.6) is 0 Å². The molecule has 2 aromatic rings. The van der Waals surface area contributed by atoms with Crippen molar-refractivity contribution >= 4 is 11.8 Å². The fraction of sp³-hybridized carbons (Fsp3) is 0.480. The topological polar surface area (TPSA) is 71.4 Å². The Kier molecular flexibility index (Phi) is 7.31. The summed E-state index contributed by atoms with van der Waals surface area (Å²) in [6.45, 7) is 6.91. The highest BCUT2D eigenvalue weighted by Gasteiger charge is 2.25. The molecular weight excluding hydrogens is 390 g/mol. The van der Waals surface area contributed by atoms with Crippen molar-refractivity contribution in [3.05, 3.63) is 69.1 Å². The van der Waals surface area contributed by atoms with Crippen molar-refractivity contribution in [3.63, 3.8) is 0 Å². The van der Waals surface area contributed by atoms with E-state index in [-0.39, 0.29) is 29.0 Å². The first-order valence-corrected chi connectivity index (χ1v) is 11.1.